The first-order chi connectivity index (χ1) is 10.1. The second-order valence-corrected chi connectivity index (χ2v) is 5.14. The normalized spacial score (nSPS) is 11.0. The van der Waals surface area contributed by atoms with E-state index in [1.165, 1.54) is 0 Å². The monoisotopic (exact) mass is 283 g/mol. The molecule has 0 bridgehead atoms. The van der Waals surface area contributed by atoms with Gasteiger partial charge in [0.05, 0.1) is 16.7 Å². The van der Waals surface area contributed by atoms with Crippen LogP contribution in [0.4, 0.5) is 5.82 Å². The van der Waals surface area contributed by atoms with Crippen LogP contribution in [-0.2, 0) is 20.6 Å². The Hall–Kier alpha value is -2.63. The zero-order chi connectivity index (χ0) is 15.0. The summed E-state index contributed by atoms with van der Waals surface area (Å²) in [5, 5.41) is 11.3. The van der Waals surface area contributed by atoms with Crippen LogP contribution in [0.15, 0.2) is 35.1 Å². The Labute approximate surface area is 122 Å². The Balaban J connectivity index is 1.86. The fourth-order valence-corrected chi connectivity index (χ4v) is 2.35. The molecule has 0 atom stereocenters. The second kappa shape index (κ2) is 5.05. The van der Waals surface area contributed by atoms with E-state index in [0.717, 1.165) is 28.1 Å². The predicted molar refractivity (Wildman–Crippen MR) is 82.3 cm³/mol. The smallest absolute Gasteiger partial charge is 0.328 e. The third-order valence-electron chi connectivity index (χ3n) is 3.61. The minimum Gasteiger partial charge on any atom is -0.365 e. The van der Waals surface area contributed by atoms with Crippen LogP contribution < -0.4 is 11.0 Å². The molecule has 0 amide bonds. The van der Waals surface area contributed by atoms with Crippen molar-refractivity contribution in [2.75, 3.05) is 5.32 Å². The number of fused-ring (bicyclic) bond motifs is 1. The van der Waals surface area contributed by atoms with Gasteiger partial charge in [-0.1, -0.05) is 6.07 Å². The van der Waals surface area contributed by atoms with E-state index in [4.69, 9.17) is 0 Å². The van der Waals surface area contributed by atoms with Gasteiger partial charge in [0, 0.05) is 20.6 Å². The van der Waals surface area contributed by atoms with E-state index in [1.54, 1.807) is 23.2 Å². The molecular formula is C15H17N5O. The van der Waals surface area contributed by atoms with Gasteiger partial charge in [-0.05, 0) is 36.8 Å². The first-order valence-electron chi connectivity index (χ1n) is 6.75. The molecule has 3 rings (SSSR count). The quantitative estimate of drug-likeness (QED) is 0.792. The van der Waals surface area contributed by atoms with Gasteiger partial charge in [-0.25, -0.2) is 4.79 Å². The van der Waals surface area contributed by atoms with Gasteiger partial charge in [-0.2, -0.15) is 5.10 Å². The fourth-order valence-electron chi connectivity index (χ4n) is 2.35. The summed E-state index contributed by atoms with van der Waals surface area (Å²) < 4.78 is 3.31. The fraction of sp³-hybridized carbons (Fsp3) is 0.267. The minimum absolute atomic E-state index is 0.0143. The van der Waals surface area contributed by atoms with Crippen molar-refractivity contribution in [2.45, 2.75) is 13.5 Å². The van der Waals surface area contributed by atoms with Gasteiger partial charge in [0.15, 0.2) is 0 Å². The number of nitrogens with zero attached hydrogens (tertiary/aromatic N) is 4. The maximum atomic E-state index is 11.9. The van der Waals surface area contributed by atoms with Crippen LogP contribution in [0.5, 0.6) is 0 Å². The number of benzene rings is 1. The van der Waals surface area contributed by atoms with Gasteiger partial charge >= 0.3 is 5.69 Å². The Morgan fingerprint density at radius 1 is 1.05 bits per heavy atom. The molecule has 6 heteroatoms. The van der Waals surface area contributed by atoms with Crippen molar-refractivity contribution >= 4 is 16.9 Å². The molecule has 0 fully saturated rings. The van der Waals surface area contributed by atoms with E-state index in [9.17, 15) is 4.79 Å². The van der Waals surface area contributed by atoms with Gasteiger partial charge in [0.25, 0.3) is 0 Å². The predicted octanol–water partition coefficient (Wildman–Crippen LogP) is 1.59. The number of nitrogens with one attached hydrogen (secondary N) is 1. The molecule has 0 unspecified atom stereocenters. The van der Waals surface area contributed by atoms with E-state index in [0.29, 0.717) is 6.54 Å². The van der Waals surface area contributed by atoms with Crippen LogP contribution in [0.25, 0.3) is 11.0 Å². The summed E-state index contributed by atoms with van der Waals surface area (Å²) in [5.41, 5.74) is 3.82. The Morgan fingerprint density at radius 3 is 2.52 bits per heavy atom. The van der Waals surface area contributed by atoms with Gasteiger partial charge in [0.1, 0.15) is 5.82 Å². The number of imidazole rings is 1. The zero-order valence-electron chi connectivity index (χ0n) is 12.3. The summed E-state index contributed by atoms with van der Waals surface area (Å²) in [4.78, 5) is 11.9. The van der Waals surface area contributed by atoms with Crippen LogP contribution in [0.2, 0.25) is 0 Å². The third kappa shape index (κ3) is 2.40. The van der Waals surface area contributed by atoms with Crippen molar-refractivity contribution in [3.8, 4) is 0 Å². The van der Waals surface area contributed by atoms with Crippen molar-refractivity contribution < 1.29 is 0 Å². The van der Waals surface area contributed by atoms with E-state index < -0.39 is 0 Å². The van der Waals surface area contributed by atoms with Crippen LogP contribution in [0.3, 0.4) is 0 Å². The zero-order valence-corrected chi connectivity index (χ0v) is 12.3. The van der Waals surface area contributed by atoms with Crippen molar-refractivity contribution in [2.24, 2.45) is 14.1 Å². The molecule has 0 aliphatic heterocycles. The van der Waals surface area contributed by atoms with Crippen molar-refractivity contribution in [3.63, 3.8) is 0 Å². The minimum atomic E-state index is -0.0143. The molecule has 1 N–H and O–H groups in total. The first-order valence-corrected chi connectivity index (χ1v) is 6.75. The number of aryl methyl sites for hydroxylation is 3. The third-order valence-corrected chi connectivity index (χ3v) is 3.61. The molecule has 0 aliphatic rings. The molecule has 2 heterocycles. The standard InChI is InChI=1S/C15H17N5O/c1-10-4-7-14(18-17-10)16-9-11-5-6-12-13(8-11)20(3)15(21)19(12)2/h4-8H,9H2,1-3H3,(H,16,18). The van der Waals surface area contributed by atoms with Crippen molar-refractivity contribution in [1.82, 2.24) is 19.3 Å². The van der Waals surface area contributed by atoms with Gasteiger partial charge in [0.2, 0.25) is 0 Å². The lowest BCUT2D eigenvalue weighted by Gasteiger charge is -2.06. The molecular weight excluding hydrogens is 266 g/mol. The van der Waals surface area contributed by atoms with E-state index in [2.05, 4.69) is 15.5 Å². The molecule has 0 radical (unpaired) electrons. The maximum Gasteiger partial charge on any atom is 0.328 e. The Morgan fingerprint density at radius 2 is 1.81 bits per heavy atom. The summed E-state index contributed by atoms with van der Waals surface area (Å²) in [7, 11) is 3.57. The highest BCUT2D eigenvalue weighted by molar-refractivity contribution is 5.76. The molecule has 0 saturated heterocycles. The molecule has 6 nitrogen and oxygen atoms in total. The molecule has 0 saturated carbocycles. The second-order valence-electron chi connectivity index (χ2n) is 5.14. The van der Waals surface area contributed by atoms with E-state index >= 15 is 0 Å². The summed E-state index contributed by atoms with van der Waals surface area (Å²) in [6.07, 6.45) is 0. The van der Waals surface area contributed by atoms with Crippen LogP contribution in [0, 0.1) is 6.92 Å². The van der Waals surface area contributed by atoms with Crippen molar-refractivity contribution in [1.29, 1.82) is 0 Å². The summed E-state index contributed by atoms with van der Waals surface area (Å²) in [6, 6.07) is 9.81. The number of hydrogen-bond acceptors (Lipinski definition) is 4. The summed E-state index contributed by atoms with van der Waals surface area (Å²) in [6.45, 7) is 2.54. The molecule has 1 aromatic carbocycles. The van der Waals surface area contributed by atoms with Gasteiger partial charge in [-0.15, -0.1) is 5.10 Å². The summed E-state index contributed by atoms with van der Waals surface area (Å²) >= 11 is 0. The number of rotatable bonds is 3. The van der Waals surface area contributed by atoms with Gasteiger partial charge < -0.3 is 5.32 Å². The molecule has 21 heavy (non-hydrogen) atoms. The van der Waals surface area contributed by atoms with Crippen LogP contribution in [-0.4, -0.2) is 19.3 Å². The van der Waals surface area contributed by atoms with Gasteiger partial charge in [-0.3, -0.25) is 9.13 Å². The lowest BCUT2D eigenvalue weighted by molar-refractivity contribution is 0.795. The molecule has 108 valence electrons. The molecule has 2 aromatic heterocycles. The average Bonchev–Trinajstić information content (AvgIpc) is 2.71. The summed E-state index contributed by atoms with van der Waals surface area (Å²) in [5.74, 6) is 0.739. The largest absolute Gasteiger partial charge is 0.365 e. The topological polar surface area (TPSA) is 64.7 Å². The van der Waals surface area contributed by atoms with Crippen molar-refractivity contribution in [3.05, 3.63) is 52.1 Å². The van der Waals surface area contributed by atoms with Crippen LogP contribution >= 0.6 is 0 Å². The SMILES string of the molecule is Cc1ccc(NCc2ccc3c(c2)n(C)c(=O)n3C)nn1. The lowest BCUT2D eigenvalue weighted by atomic mass is 10.2. The van der Waals surface area contributed by atoms with E-state index in [1.807, 2.05) is 37.3 Å². The maximum absolute atomic E-state index is 11.9. The molecule has 3 aromatic rings. The Kier molecular flexibility index (Phi) is 3.21. The molecule has 0 spiro atoms. The molecule has 0 aliphatic carbocycles. The average molecular weight is 283 g/mol. The number of hydrogen-bond donors (Lipinski definition) is 1. The highest BCUT2D eigenvalue weighted by atomic mass is 16.1. The highest BCUT2D eigenvalue weighted by Gasteiger charge is 2.08. The highest BCUT2D eigenvalue weighted by Crippen LogP contribution is 2.15. The first kappa shape index (κ1) is 13.4. The van der Waals surface area contributed by atoms with Crippen LogP contribution in [0.1, 0.15) is 11.3 Å². The van der Waals surface area contributed by atoms with E-state index in [-0.39, 0.29) is 5.69 Å². The number of anilines is 1. The Bertz CT molecular complexity index is 845. The number of aromatic nitrogens is 4. The lowest BCUT2D eigenvalue weighted by Crippen LogP contribution is -2.19.